The molecule has 0 aromatic carbocycles. The zero-order chi connectivity index (χ0) is 25.2. The fourth-order valence-corrected chi connectivity index (χ4v) is 5.66. The Labute approximate surface area is 222 Å². The van der Waals surface area contributed by atoms with Crippen LogP contribution in [0.2, 0.25) is 0 Å². The maximum absolute atomic E-state index is 2.70. The summed E-state index contributed by atoms with van der Waals surface area (Å²) in [5.74, 6) is 0. The summed E-state index contributed by atoms with van der Waals surface area (Å²) in [6, 6.07) is 0. The molecule has 0 amide bonds. The Hall–Kier alpha value is -0.660. The molecule has 1 aliphatic rings. The molecule has 208 valence electrons. The second-order valence-electron chi connectivity index (χ2n) is 11.5. The minimum absolute atomic E-state index is 0.643. The first kappa shape index (κ1) is 32.4. The lowest BCUT2D eigenvalue weighted by Crippen LogP contribution is -2.39. The minimum Gasteiger partial charge on any atom is -0.356 e. The second kappa shape index (κ2) is 25.0. The first-order valence-corrected chi connectivity index (χ1v) is 16.5. The van der Waals surface area contributed by atoms with Crippen molar-refractivity contribution in [3.63, 3.8) is 0 Å². The average Bonchev–Trinajstić information content (AvgIpc) is 3.25. The molecule has 1 aliphatic heterocycles. The number of rotatable bonds is 27. The van der Waals surface area contributed by atoms with Gasteiger partial charge in [0.1, 0.15) is 6.17 Å². The van der Waals surface area contributed by atoms with Crippen molar-refractivity contribution in [2.75, 3.05) is 13.1 Å². The van der Waals surface area contributed by atoms with Crippen molar-refractivity contribution in [2.45, 2.75) is 187 Å². The minimum atomic E-state index is 0.643. The van der Waals surface area contributed by atoms with Crippen LogP contribution in [-0.2, 0) is 0 Å². The van der Waals surface area contributed by atoms with Crippen LogP contribution >= 0.6 is 0 Å². The van der Waals surface area contributed by atoms with Gasteiger partial charge in [0, 0.05) is 25.5 Å². The lowest BCUT2D eigenvalue weighted by atomic mass is 10.1. The van der Waals surface area contributed by atoms with Gasteiger partial charge < -0.3 is 9.80 Å². The standard InChI is InChI=1S/C33H66N2/c1-4-7-10-13-15-17-18-19-21-24-27-30-35-32-31-34(29-26-23-12-9-6-3)33(35)28-25-22-20-16-14-11-8-5-2/h31-33H,4-30H2,1-3H3. The molecule has 1 atom stereocenters. The summed E-state index contributed by atoms with van der Waals surface area (Å²) >= 11 is 0. The van der Waals surface area contributed by atoms with Crippen molar-refractivity contribution >= 4 is 0 Å². The topological polar surface area (TPSA) is 6.48 Å². The lowest BCUT2D eigenvalue weighted by Gasteiger charge is -2.33. The van der Waals surface area contributed by atoms with Crippen LogP contribution < -0.4 is 0 Å². The van der Waals surface area contributed by atoms with Crippen LogP contribution in [0, 0.1) is 0 Å². The maximum Gasteiger partial charge on any atom is 0.101 e. The fraction of sp³-hybridized carbons (Fsp3) is 0.939. The molecule has 0 fully saturated rings. The van der Waals surface area contributed by atoms with Gasteiger partial charge >= 0.3 is 0 Å². The van der Waals surface area contributed by atoms with E-state index < -0.39 is 0 Å². The largest absolute Gasteiger partial charge is 0.356 e. The number of hydrogen-bond donors (Lipinski definition) is 0. The highest BCUT2D eigenvalue weighted by Gasteiger charge is 2.24. The Morgan fingerprint density at radius 1 is 0.371 bits per heavy atom. The zero-order valence-corrected chi connectivity index (χ0v) is 24.7. The van der Waals surface area contributed by atoms with E-state index in [0.29, 0.717) is 6.17 Å². The van der Waals surface area contributed by atoms with E-state index in [4.69, 9.17) is 0 Å². The van der Waals surface area contributed by atoms with E-state index >= 15 is 0 Å². The number of nitrogens with zero attached hydrogens (tertiary/aromatic N) is 2. The molecule has 0 radical (unpaired) electrons. The summed E-state index contributed by atoms with van der Waals surface area (Å²) in [5, 5.41) is 0. The molecule has 2 nitrogen and oxygen atoms in total. The van der Waals surface area contributed by atoms with Crippen LogP contribution in [0.3, 0.4) is 0 Å². The lowest BCUT2D eigenvalue weighted by molar-refractivity contribution is 0.135. The van der Waals surface area contributed by atoms with Crippen molar-refractivity contribution in [1.82, 2.24) is 9.80 Å². The molecule has 1 unspecified atom stereocenters. The van der Waals surface area contributed by atoms with Gasteiger partial charge in [0.25, 0.3) is 0 Å². The van der Waals surface area contributed by atoms with E-state index in [2.05, 4.69) is 43.0 Å². The average molecular weight is 491 g/mol. The van der Waals surface area contributed by atoms with E-state index in [0.717, 1.165) is 0 Å². The number of unbranched alkanes of at least 4 members (excludes halogenated alkanes) is 21. The monoisotopic (exact) mass is 491 g/mol. The molecule has 0 N–H and O–H groups in total. The van der Waals surface area contributed by atoms with E-state index in [9.17, 15) is 0 Å². The van der Waals surface area contributed by atoms with Gasteiger partial charge in [0.05, 0.1) is 0 Å². The summed E-state index contributed by atoms with van der Waals surface area (Å²) in [6.45, 7) is 9.46. The molecule has 0 saturated heterocycles. The maximum atomic E-state index is 2.70. The summed E-state index contributed by atoms with van der Waals surface area (Å²) in [4.78, 5) is 5.38. The van der Waals surface area contributed by atoms with Crippen LogP contribution in [0.25, 0.3) is 0 Å². The van der Waals surface area contributed by atoms with Gasteiger partial charge in [0.2, 0.25) is 0 Å². The van der Waals surface area contributed by atoms with Gasteiger partial charge in [0.15, 0.2) is 0 Å². The number of hydrogen-bond acceptors (Lipinski definition) is 2. The van der Waals surface area contributed by atoms with Gasteiger partial charge in [-0.25, -0.2) is 0 Å². The van der Waals surface area contributed by atoms with Gasteiger partial charge in [-0.1, -0.05) is 156 Å². The van der Waals surface area contributed by atoms with Crippen molar-refractivity contribution in [3.8, 4) is 0 Å². The van der Waals surface area contributed by atoms with Gasteiger partial charge in [-0.05, 0) is 25.7 Å². The first-order valence-electron chi connectivity index (χ1n) is 16.5. The van der Waals surface area contributed by atoms with Gasteiger partial charge in [-0.3, -0.25) is 0 Å². The van der Waals surface area contributed by atoms with Crippen molar-refractivity contribution in [2.24, 2.45) is 0 Å². The second-order valence-corrected chi connectivity index (χ2v) is 11.5. The van der Waals surface area contributed by atoms with E-state index in [-0.39, 0.29) is 0 Å². The Morgan fingerprint density at radius 2 is 0.657 bits per heavy atom. The molecule has 0 bridgehead atoms. The van der Waals surface area contributed by atoms with Gasteiger partial charge in [-0.15, -0.1) is 0 Å². The highest BCUT2D eigenvalue weighted by atomic mass is 15.4. The van der Waals surface area contributed by atoms with Crippen molar-refractivity contribution < 1.29 is 0 Å². The highest BCUT2D eigenvalue weighted by Crippen LogP contribution is 2.24. The molecule has 35 heavy (non-hydrogen) atoms. The molecule has 0 saturated carbocycles. The SMILES string of the molecule is CCCCCCCCCCCCCN1C=CN(CCCCCCC)C1CCCCCCCCCC. The molecule has 0 aliphatic carbocycles. The zero-order valence-electron chi connectivity index (χ0n) is 24.7. The Morgan fingerprint density at radius 3 is 1.00 bits per heavy atom. The van der Waals surface area contributed by atoms with E-state index in [1.54, 1.807) is 0 Å². The molecule has 2 heteroatoms. The van der Waals surface area contributed by atoms with Crippen LogP contribution in [0.5, 0.6) is 0 Å². The summed E-state index contributed by atoms with van der Waals surface area (Å²) in [5.41, 5.74) is 0. The third-order valence-corrected chi connectivity index (χ3v) is 8.07. The quantitative estimate of drug-likeness (QED) is 0.106. The van der Waals surface area contributed by atoms with E-state index in [1.807, 2.05) is 0 Å². The van der Waals surface area contributed by atoms with E-state index in [1.165, 1.54) is 174 Å². The summed E-state index contributed by atoms with van der Waals surface area (Å²) < 4.78 is 0. The third kappa shape index (κ3) is 18.3. The highest BCUT2D eigenvalue weighted by molar-refractivity contribution is 4.97. The Bertz CT molecular complexity index is 446. The third-order valence-electron chi connectivity index (χ3n) is 8.07. The molecule has 0 aromatic heterocycles. The normalized spacial score (nSPS) is 15.6. The first-order chi connectivity index (χ1) is 17.3. The molecule has 1 heterocycles. The van der Waals surface area contributed by atoms with Crippen LogP contribution in [0.4, 0.5) is 0 Å². The Balaban J connectivity index is 2.22. The summed E-state index contributed by atoms with van der Waals surface area (Å²) in [6.07, 6.45) is 41.0. The van der Waals surface area contributed by atoms with Crippen LogP contribution in [-0.4, -0.2) is 29.1 Å². The smallest absolute Gasteiger partial charge is 0.101 e. The Kier molecular flexibility index (Phi) is 23.1. The molecule has 0 spiro atoms. The predicted molar refractivity (Wildman–Crippen MR) is 159 cm³/mol. The van der Waals surface area contributed by atoms with Crippen LogP contribution in [0.15, 0.2) is 12.4 Å². The molecule has 0 aromatic rings. The van der Waals surface area contributed by atoms with Gasteiger partial charge in [-0.2, -0.15) is 0 Å². The van der Waals surface area contributed by atoms with Crippen LogP contribution in [0.1, 0.15) is 181 Å². The summed E-state index contributed by atoms with van der Waals surface area (Å²) in [7, 11) is 0. The molecular weight excluding hydrogens is 424 g/mol. The predicted octanol–water partition coefficient (Wildman–Crippen LogP) is 11.2. The van der Waals surface area contributed by atoms with Crippen molar-refractivity contribution in [1.29, 1.82) is 0 Å². The molecule has 1 rings (SSSR count). The molecular formula is C33H66N2. The fourth-order valence-electron chi connectivity index (χ4n) is 5.66. The van der Waals surface area contributed by atoms with Crippen molar-refractivity contribution in [3.05, 3.63) is 12.4 Å².